The van der Waals surface area contributed by atoms with Crippen molar-refractivity contribution >= 4 is 16.0 Å². The molecule has 2 N–H and O–H groups in total. The molecular formula is C13H20N2O4S. The summed E-state index contributed by atoms with van der Waals surface area (Å²) in [6.45, 7) is 6.77. The van der Waals surface area contributed by atoms with Crippen LogP contribution < -0.4 is 4.72 Å². The van der Waals surface area contributed by atoms with Crippen LogP contribution in [0.5, 0.6) is 0 Å². The first-order chi connectivity index (χ1) is 9.17. The summed E-state index contributed by atoms with van der Waals surface area (Å²) in [7, 11) is -3.64. The van der Waals surface area contributed by atoms with E-state index in [4.69, 9.17) is 5.11 Å². The number of nitrogens with one attached hydrogen (secondary N) is 1. The van der Waals surface area contributed by atoms with Gasteiger partial charge in [-0.05, 0) is 30.7 Å². The summed E-state index contributed by atoms with van der Waals surface area (Å²) in [5.41, 5.74) is 0.184. The van der Waals surface area contributed by atoms with Crippen molar-refractivity contribution in [2.45, 2.75) is 38.6 Å². The molecule has 0 radical (unpaired) electrons. The van der Waals surface area contributed by atoms with Crippen molar-refractivity contribution in [2.75, 3.05) is 6.54 Å². The molecule has 0 spiro atoms. The average molecular weight is 300 g/mol. The van der Waals surface area contributed by atoms with Crippen LogP contribution in [0.2, 0.25) is 0 Å². The summed E-state index contributed by atoms with van der Waals surface area (Å²) < 4.78 is 28.3. The van der Waals surface area contributed by atoms with Crippen LogP contribution in [0.4, 0.5) is 0 Å². The summed E-state index contributed by atoms with van der Waals surface area (Å²) in [4.78, 5) is 11.1. The van der Waals surface area contributed by atoms with Crippen LogP contribution in [0, 0.1) is 11.3 Å². The van der Waals surface area contributed by atoms with Gasteiger partial charge >= 0.3 is 5.97 Å². The minimum atomic E-state index is -3.64. The number of rotatable bonds is 6. The lowest BCUT2D eigenvalue weighted by molar-refractivity contribution is 0.0685. The summed E-state index contributed by atoms with van der Waals surface area (Å²) in [6.07, 6.45) is 2.37. The Kier molecular flexibility index (Phi) is 3.68. The topological polar surface area (TPSA) is 88.4 Å². The van der Waals surface area contributed by atoms with E-state index in [-0.39, 0.29) is 16.0 Å². The lowest BCUT2D eigenvalue weighted by atomic mass is 10.1. The Bertz CT molecular complexity index is 631. The van der Waals surface area contributed by atoms with Crippen molar-refractivity contribution in [2.24, 2.45) is 11.3 Å². The molecule has 1 aromatic heterocycles. The van der Waals surface area contributed by atoms with E-state index in [0.717, 1.165) is 6.42 Å². The predicted octanol–water partition coefficient (Wildman–Crippen LogP) is 1.53. The molecule has 20 heavy (non-hydrogen) atoms. The van der Waals surface area contributed by atoms with Crippen molar-refractivity contribution in [3.8, 4) is 0 Å². The molecule has 1 saturated carbocycles. The smallest absolute Gasteiger partial charge is 0.352 e. The molecular weight excluding hydrogens is 280 g/mol. The maximum absolute atomic E-state index is 12.2. The van der Waals surface area contributed by atoms with Gasteiger partial charge in [-0.1, -0.05) is 13.8 Å². The molecule has 0 aliphatic heterocycles. The third-order valence-electron chi connectivity index (χ3n) is 3.98. The highest BCUT2D eigenvalue weighted by atomic mass is 32.2. The molecule has 6 nitrogen and oxygen atoms in total. The number of aromatic carboxylic acids is 1. The Balaban J connectivity index is 2.15. The van der Waals surface area contributed by atoms with Crippen molar-refractivity contribution in [1.29, 1.82) is 0 Å². The largest absolute Gasteiger partial charge is 0.477 e. The Morgan fingerprint density at radius 3 is 2.55 bits per heavy atom. The lowest BCUT2D eigenvalue weighted by Crippen LogP contribution is -2.26. The molecule has 112 valence electrons. The zero-order chi connectivity index (χ0) is 15.1. The molecule has 1 fully saturated rings. The average Bonchev–Trinajstić information content (AvgIpc) is 2.77. The quantitative estimate of drug-likeness (QED) is 0.834. The molecule has 0 amide bonds. The van der Waals surface area contributed by atoms with Gasteiger partial charge in [-0.2, -0.15) is 0 Å². The van der Waals surface area contributed by atoms with E-state index in [1.165, 1.54) is 16.8 Å². The Labute approximate surface area is 118 Å². The minimum absolute atomic E-state index is 0.00945. The van der Waals surface area contributed by atoms with E-state index in [0.29, 0.717) is 19.0 Å². The third-order valence-corrected chi connectivity index (χ3v) is 5.37. The van der Waals surface area contributed by atoms with Crippen LogP contribution in [0.3, 0.4) is 0 Å². The Hall–Kier alpha value is -1.34. The van der Waals surface area contributed by atoms with Crippen molar-refractivity contribution in [3.05, 3.63) is 18.0 Å². The normalized spacial score (nSPS) is 20.9. The van der Waals surface area contributed by atoms with Crippen molar-refractivity contribution in [3.63, 3.8) is 0 Å². The van der Waals surface area contributed by atoms with E-state index >= 15 is 0 Å². The minimum Gasteiger partial charge on any atom is -0.477 e. The Morgan fingerprint density at radius 1 is 1.55 bits per heavy atom. The van der Waals surface area contributed by atoms with Crippen LogP contribution in [0.1, 0.15) is 37.7 Å². The maximum Gasteiger partial charge on any atom is 0.352 e. The summed E-state index contributed by atoms with van der Waals surface area (Å²) in [6, 6.07) is 1.20. The highest BCUT2D eigenvalue weighted by molar-refractivity contribution is 7.89. The number of hydrogen-bond acceptors (Lipinski definition) is 3. The number of aromatic nitrogens is 1. The number of carbonyl (C=O) groups is 1. The van der Waals surface area contributed by atoms with E-state index in [9.17, 15) is 13.2 Å². The Morgan fingerprint density at radius 2 is 2.15 bits per heavy atom. The zero-order valence-electron chi connectivity index (χ0n) is 11.9. The summed E-state index contributed by atoms with van der Waals surface area (Å²) in [5, 5.41) is 9.04. The van der Waals surface area contributed by atoms with Gasteiger partial charge in [0.2, 0.25) is 10.0 Å². The van der Waals surface area contributed by atoms with Gasteiger partial charge in [0.1, 0.15) is 10.6 Å². The molecule has 1 aromatic rings. The lowest BCUT2D eigenvalue weighted by Gasteiger charge is -2.06. The molecule has 1 unspecified atom stereocenters. The fourth-order valence-electron chi connectivity index (χ4n) is 2.29. The molecule has 1 heterocycles. The number of nitrogens with zero attached hydrogens (tertiary/aromatic N) is 1. The number of carboxylic acid groups (broad SMARTS) is 1. The van der Waals surface area contributed by atoms with Gasteiger partial charge in [0, 0.05) is 19.3 Å². The van der Waals surface area contributed by atoms with Gasteiger partial charge in [0.05, 0.1) is 0 Å². The molecule has 7 heteroatoms. The van der Waals surface area contributed by atoms with Crippen molar-refractivity contribution in [1.82, 2.24) is 9.29 Å². The molecule has 0 saturated heterocycles. The first-order valence-corrected chi connectivity index (χ1v) is 8.09. The van der Waals surface area contributed by atoms with Gasteiger partial charge in [0.15, 0.2) is 0 Å². The first kappa shape index (κ1) is 15.1. The predicted molar refractivity (Wildman–Crippen MR) is 74.1 cm³/mol. The van der Waals surface area contributed by atoms with Crippen LogP contribution in [-0.4, -0.2) is 30.6 Å². The van der Waals surface area contributed by atoms with E-state index in [2.05, 4.69) is 18.6 Å². The number of hydrogen-bond donors (Lipinski definition) is 2. The number of aryl methyl sites for hydroxylation is 1. The second-order valence-corrected chi connectivity index (χ2v) is 7.66. The SMILES string of the molecule is CCn1cc(S(=O)(=O)NCC2CC2(C)C)cc1C(=O)O. The number of sulfonamides is 1. The van der Waals surface area contributed by atoms with Crippen LogP contribution in [0.15, 0.2) is 17.2 Å². The monoisotopic (exact) mass is 300 g/mol. The third kappa shape index (κ3) is 2.88. The molecule has 2 rings (SSSR count). The molecule has 0 aromatic carbocycles. The fourth-order valence-corrected chi connectivity index (χ4v) is 3.41. The fraction of sp³-hybridized carbons (Fsp3) is 0.615. The van der Waals surface area contributed by atoms with E-state index < -0.39 is 16.0 Å². The molecule has 1 atom stereocenters. The summed E-state index contributed by atoms with van der Waals surface area (Å²) in [5.74, 6) is -0.777. The standard InChI is InChI=1S/C13H20N2O4S/c1-4-15-8-10(5-11(15)12(16)17)20(18,19)14-7-9-6-13(9,2)3/h5,8-9,14H,4,6-7H2,1-3H3,(H,16,17). The van der Waals surface area contributed by atoms with Crippen LogP contribution >= 0.6 is 0 Å². The van der Waals surface area contributed by atoms with Gasteiger partial charge in [-0.15, -0.1) is 0 Å². The summed E-state index contributed by atoms with van der Waals surface area (Å²) >= 11 is 0. The first-order valence-electron chi connectivity index (χ1n) is 6.60. The van der Waals surface area contributed by atoms with Crippen LogP contribution in [0.25, 0.3) is 0 Å². The van der Waals surface area contributed by atoms with Crippen LogP contribution in [-0.2, 0) is 16.6 Å². The van der Waals surface area contributed by atoms with Gasteiger partial charge in [-0.3, -0.25) is 0 Å². The second-order valence-electron chi connectivity index (χ2n) is 5.89. The molecule has 0 bridgehead atoms. The number of carboxylic acids is 1. The second kappa shape index (κ2) is 4.89. The van der Waals surface area contributed by atoms with Crippen molar-refractivity contribution < 1.29 is 18.3 Å². The van der Waals surface area contributed by atoms with Gasteiger partial charge < -0.3 is 9.67 Å². The highest BCUT2D eigenvalue weighted by Crippen LogP contribution is 2.51. The highest BCUT2D eigenvalue weighted by Gasteiger charge is 2.45. The van der Waals surface area contributed by atoms with E-state index in [1.807, 2.05) is 0 Å². The van der Waals surface area contributed by atoms with Gasteiger partial charge in [0.25, 0.3) is 0 Å². The maximum atomic E-state index is 12.2. The van der Waals surface area contributed by atoms with Gasteiger partial charge in [-0.25, -0.2) is 17.9 Å². The molecule has 1 aliphatic rings. The molecule has 1 aliphatic carbocycles. The zero-order valence-corrected chi connectivity index (χ0v) is 12.7. The van der Waals surface area contributed by atoms with E-state index in [1.54, 1.807) is 6.92 Å².